The Morgan fingerprint density at radius 1 is 1.26 bits per heavy atom. The van der Waals surface area contributed by atoms with Crippen molar-refractivity contribution in [1.29, 1.82) is 0 Å². The lowest BCUT2D eigenvalue weighted by Crippen LogP contribution is -2.26. The quantitative estimate of drug-likeness (QED) is 0.840. The Bertz CT molecular complexity index is 452. The molecule has 0 aromatic heterocycles. The van der Waals surface area contributed by atoms with Gasteiger partial charge in [-0.25, -0.2) is 0 Å². The molecule has 1 aliphatic heterocycles. The van der Waals surface area contributed by atoms with Gasteiger partial charge in [0.2, 0.25) is 0 Å². The first kappa shape index (κ1) is 13.6. The molecule has 0 bridgehead atoms. The number of rotatable bonds is 3. The number of Topliss-reactive ketones (excluding diaryl/α,β-unsaturated/α-hetero) is 1. The van der Waals surface area contributed by atoms with Crippen molar-refractivity contribution in [3.8, 4) is 0 Å². The highest BCUT2D eigenvalue weighted by molar-refractivity contribution is 8.07. The standard InChI is InChI=1S/C16H20OS2/c17-15(16-11-18-8-9-19-16)10-13-6-3-5-12-4-1-2-7-14(12)13/h1-2,4,7,13,16H,3,5-6,8-11H2. The van der Waals surface area contributed by atoms with Crippen LogP contribution in [0.3, 0.4) is 0 Å². The monoisotopic (exact) mass is 292 g/mol. The number of aryl methyl sites for hydroxylation is 1. The number of hydrogen-bond acceptors (Lipinski definition) is 3. The summed E-state index contributed by atoms with van der Waals surface area (Å²) in [5, 5.41) is 0.257. The molecular weight excluding hydrogens is 272 g/mol. The number of benzene rings is 1. The minimum Gasteiger partial charge on any atom is -0.298 e. The van der Waals surface area contributed by atoms with Crippen LogP contribution in [0.4, 0.5) is 0 Å². The molecule has 0 radical (unpaired) electrons. The van der Waals surface area contributed by atoms with Crippen LogP contribution in [0.15, 0.2) is 24.3 Å². The molecule has 1 aromatic carbocycles. The molecule has 0 amide bonds. The molecule has 1 heterocycles. The highest BCUT2D eigenvalue weighted by Gasteiger charge is 2.27. The maximum atomic E-state index is 12.4. The predicted molar refractivity (Wildman–Crippen MR) is 85.3 cm³/mol. The smallest absolute Gasteiger partial charge is 0.147 e. The third-order valence-corrected chi connectivity index (χ3v) is 6.92. The van der Waals surface area contributed by atoms with Crippen LogP contribution in [0.5, 0.6) is 0 Å². The molecule has 1 saturated heterocycles. The molecular formula is C16H20OS2. The summed E-state index contributed by atoms with van der Waals surface area (Å²) >= 11 is 3.81. The van der Waals surface area contributed by atoms with E-state index in [0.717, 1.165) is 17.9 Å². The summed E-state index contributed by atoms with van der Waals surface area (Å²) in [6, 6.07) is 8.70. The minimum absolute atomic E-state index is 0.257. The first-order chi connectivity index (χ1) is 9.34. The van der Waals surface area contributed by atoms with Gasteiger partial charge in [0, 0.05) is 23.7 Å². The Morgan fingerprint density at radius 2 is 2.16 bits per heavy atom. The Labute approximate surface area is 123 Å². The van der Waals surface area contributed by atoms with Crippen LogP contribution in [0, 0.1) is 0 Å². The van der Waals surface area contributed by atoms with Crippen LogP contribution >= 0.6 is 23.5 Å². The summed E-state index contributed by atoms with van der Waals surface area (Å²) < 4.78 is 0. The van der Waals surface area contributed by atoms with Crippen LogP contribution in [-0.4, -0.2) is 28.3 Å². The maximum Gasteiger partial charge on any atom is 0.147 e. The normalized spacial score (nSPS) is 26.7. The maximum absolute atomic E-state index is 12.4. The van der Waals surface area contributed by atoms with Gasteiger partial charge in [0.1, 0.15) is 5.78 Å². The van der Waals surface area contributed by atoms with Crippen molar-refractivity contribution in [3.05, 3.63) is 35.4 Å². The first-order valence-corrected chi connectivity index (χ1v) is 9.35. The van der Waals surface area contributed by atoms with Gasteiger partial charge in [-0.1, -0.05) is 24.3 Å². The molecule has 0 N–H and O–H groups in total. The fraction of sp³-hybridized carbons (Fsp3) is 0.562. The van der Waals surface area contributed by atoms with E-state index in [0.29, 0.717) is 11.7 Å². The highest BCUT2D eigenvalue weighted by atomic mass is 32.2. The predicted octanol–water partition coefficient (Wildman–Crippen LogP) is 3.91. The second kappa shape index (κ2) is 6.36. The van der Waals surface area contributed by atoms with Crippen molar-refractivity contribution in [2.45, 2.75) is 36.9 Å². The molecule has 2 unspecified atom stereocenters. The Balaban J connectivity index is 1.68. The average Bonchev–Trinajstić information content (AvgIpc) is 2.48. The summed E-state index contributed by atoms with van der Waals surface area (Å²) in [6.45, 7) is 0. The van der Waals surface area contributed by atoms with E-state index in [9.17, 15) is 4.79 Å². The van der Waals surface area contributed by atoms with Crippen LogP contribution in [0.25, 0.3) is 0 Å². The molecule has 1 aliphatic carbocycles. The number of thioether (sulfide) groups is 2. The Kier molecular flexibility index (Phi) is 4.54. The number of hydrogen-bond donors (Lipinski definition) is 0. The van der Waals surface area contributed by atoms with Crippen LogP contribution < -0.4 is 0 Å². The van der Waals surface area contributed by atoms with Gasteiger partial charge in [-0.2, -0.15) is 11.8 Å². The van der Waals surface area contributed by atoms with Crippen LogP contribution in [0.2, 0.25) is 0 Å². The Morgan fingerprint density at radius 3 is 3.00 bits per heavy atom. The van der Waals surface area contributed by atoms with Crippen molar-refractivity contribution < 1.29 is 4.79 Å². The summed E-state index contributed by atoms with van der Waals surface area (Å²) in [5.74, 6) is 4.34. The van der Waals surface area contributed by atoms with E-state index in [2.05, 4.69) is 24.3 Å². The molecule has 2 aliphatic rings. The zero-order chi connectivity index (χ0) is 13.1. The fourth-order valence-corrected chi connectivity index (χ4v) is 5.78. The van der Waals surface area contributed by atoms with Crippen LogP contribution in [0.1, 0.15) is 36.3 Å². The minimum atomic E-state index is 0.257. The first-order valence-electron chi connectivity index (χ1n) is 7.14. The van der Waals surface area contributed by atoms with Crippen molar-refractivity contribution in [1.82, 2.24) is 0 Å². The third kappa shape index (κ3) is 3.19. The summed E-state index contributed by atoms with van der Waals surface area (Å²) in [5.41, 5.74) is 2.91. The van der Waals surface area contributed by atoms with E-state index in [4.69, 9.17) is 0 Å². The van der Waals surface area contributed by atoms with Gasteiger partial charge in [-0.05, 0) is 36.3 Å². The van der Waals surface area contributed by atoms with E-state index in [1.165, 1.54) is 36.1 Å². The van der Waals surface area contributed by atoms with Crippen LogP contribution in [-0.2, 0) is 11.2 Å². The zero-order valence-corrected chi connectivity index (χ0v) is 12.8. The lowest BCUT2D eigenvalue weighted by atomic mass is 9.80. The summed E-state index contributed by atoms with van der Waals surface area (Å²) in [4.78, 5) is 12.4. The Hall–Kier alpha value is -0.410. The van der Waals surface area contributed by atoms with Crippen molar-refractivity contribution in [2.24, 2.45) is 0 Å². The molecule has 3 rings (SSSR count). The summed E-state index contributed by atoms with van der Waals surface area (Å²) in [7, 11) is 0. The molecule has 3 heteroatoms. The average molecular weight is 292 g/mol. The van der Waals surface area contributed by atoms with Gasteiger partial charge in [0.15, 0.2) is 0 Å². The molecule has 0 saturated carbocycles. The summed E-state index contributed by atoms with van der Waals surface area (Å²) in [6.07, 6.45) is 4.37. The van der Waals surface area contributed by atoms with E-state index in [1.807, 2.05) is 23.5 Å². The molecule has 2 atom stereocenters. The van der Waals surface area contributed by atoms with E-state index in [-0.39, 0.29) is 5.25 Å². The molecule has 0 spiro atoms. The molecule has 1 fully saturated rings. The second-order valence-corrected chi connectivity index (χ2v) is 7.85. The number of carbonyl (C=O) groups is 1. The number of ketones is 1. The number of fused-ring (bicyclic) bond motifs is 1. The van der Waals surface area contributed by atoms with Gasteiger partial charge in [-0.15, -0.1) is 11.8 Å². The molecule has 19 heavy (non-hydrogen) atoms. The van der Waals surface area contributed by atoms with E-state index in [1.54, 1.807) is 0 Å². The highest BCUT2D eigenvalue weighted by Crippen LogP contribution is 2.36. The number of carbonyl (C=O) groups excluding carboxylic acids is 1. The van der Waals surface area contributed by atoms with Crippen molar-refractivity contribution in [2.75, 3.05) is 17.3 Å². The van der Waals surface area contributed by atoms with Gasteiger partial charge in [-0.3, -0.25) is 4.79 Å². The van der Waals surface area contributed by atoms with Gasteiger partial charge >= 0.3 is 0 Å². The van der Waals surface area contributed by atoms with Gasteiger partial charge < -0.3 is 0 Å². The van der Waals surface area contributed by atoms with Gasteiger partial charge in [0.05, 0.1) is 5.25 Å². The molecule has 102 valence electrons. The fourth-order valence-electron chi connectivity index (χ4n) is 3.11. The third-order valence-electron chi connectivity index (χ3n) is 4.12. The molecule has 1 nitrogen and oxygen atoms in total. The lowest BCUT2D eigenvalue weighted by molar-refractivity contribution is -0.118. The van der Waals surface area contributed by atoms with E-state index >= 15 is 0 Å². The lowest BCUT2D eigenvalue weighted by Gasteiger charge is -2.27. The largest absolute Gasteiger partial charge is 0.298 e. The topological polar surface area (TPSA) is 17.1 Å². The van der Waals surface area contributed by atoms with Crippen molar-refractivity contribution in [3.63, 3.8) is 0 Å². The molecule has 1 aromatic rings. The zero-order valence-electron chi connectivity index (χ0n) is 11.1. The van der Waals surface area contributed by atoms with Gasteiger partial charge in [0.25, 0.3) is 0 Å². The van der Waals surface area contributed by atoms with E-state index < -0.39 is 0 Å². The SMILES string of the molecule is O=C(CC1CCCc2ccccc21)C1CSCCS1. The second-order valence-electron chi connectivity index (χ2n) is 5.39. The van der Waals surface area contributed by atoms with Crippen molar-refractivity contribution >= 4 is 29.3 Å².